The van der Waals surface area contributed by atoms with Crippen molar-refractivity contribution in [1.29, 1.82) is 0 Å². The molecule has 0 aromatic carbocycles. The van der Waals surface area contributed by atoms with Crippen molar-refractivity contribution in [3.8, 4) is 0 Å². The van der Waals surface area contributed by atoms with Gasteiger partial charge in [0.1, 0.15) is 6.10 Å². The number of rotatable bonds is 39. The normalized spacial score (nSPS) is 11.3. The highest BCUT2D eigenvalue weighted by Gasteiger charge is 2.15. The van der Waals surface area contributed by atoms with E-state index in [2.05, 4.69) is 20.8 Å². The SMILES string of the molecule is CCCCCCCCCCCOC(=O)CCCCCN(CCCCCCCC(=O)OC(CCCCCCCC)CCCCCCCC)C(N)=O. The number of urea groups is 1. The minimum absolute atomic E-state index is 0.0288. The van der Waals surface area contributed by atoms with E-state index in [1.807, 2.05) is 0 Å². The minimum Gasteiger partial charge on any atom is -0.466 e. The van der Waals surface area contributed by atoms with E-state index in [1.54, 1.807) is 4.90 Å². The van der Waals surface area contributed by atoms with Gasteiger partial charge in [-0.3, -0.25) is 9.59 Å². The third-order valence-electron chi connectivity index (χ3n) is 10.00. The fraction of sp³-hybridized carbons (Fsp3) is 0.930. The summed E-state index contributed by atoms with van der Waals surface area (Å²) < 4.78 is 11.4. The minimum atomic E-state index is -0.371. The Morgan fingerprint density at radius 3 is 1.28 bits per heavy atom. The van der Waals surface area contributed by atoms with E-state index in [0.29, 0.717) is 32.5 Å². The number of primary amides is 1. The number of nitrogens with zero attached hydrogens (tertiary/aromatic N) is 1. The van der Waals surface area contributed by atoms with Crippen LogP contribution in [-0.2, 0) is 19.1 Å². The van der Waals surface area contributed by atoms with E-state index < -0.39 is 0 Å². The molecule has 0 aromatic heterocycles. The van der Waals surface area contributed by atoms with Crippen molar-refractivity contribution >= 4 is 18.0 Å². The summed E-state index contributed by atoms with van der Waals surface area (Å²) in [5.74, 6) is -0.135. The summed E-state index contributed by atoms with van der Waals surface area (Å²) in [5, 5.41) is 0. The zero-order chi connectivity index (χ0) is 36.8. The van der Waals surface area contributed by atoms with Gasteiger partial charge in [-0.2, -0.15) is 0 Å². The molecule has 0 aliphatic rings. The number of carbonyl (C=O) groups excluding carboxylic acids is 3. The van der Waals surface area contributed by atoms with Gasteiger partial charge in [-0.1, -0.05) is 162 Å². The Morgan fingerprint density at radius 2 is 0.820 bits per heavy atom. The molecule has 0 rings (SSSR count). The number of carbonyl (C=O) groups is 3. The Bertz CT molecular complexity index is 746. The third-order valence-corrected chi connectivity index (χ3v) is 10.00. The second-order valence-corrected chi connectivity index (χ2v) is 14.9. The van der Waals surface area contributed by atoms with Crippen molar-refractivity contribution in [1.82, 2.24) is 4.90 Å². The fourth-order valence-electron chi connectivity index (χ4n) is 6.67. The first-order valence-electron chi connectivity index (χ1n) is 21.8. The van der Waals surface area contributed by atoms with Crippen LogP contribution in [0.1, 0.15) is 233 Å². The smallest absolute Gasteiger partial charge is 0.314 e. The number of unbranched alkanes of at least 4 members (excludes halogenated alkanes) is 24. The van der Waals surface area contributed by atoms with Crippen molar-refractivity contribution in [3.63, 3.8) is 0 Å². The highest BCUT2D eigenvalue weighted by atomic mass is 16.5. The van der Waals surface area contributed by atoms with Crippen LogP contribution in [0.25, 0.3) is 0 Å². The van der Waals surface area contributed by atoms with Gasteiger partial charge in [-0.05, 0) is 57.8 Å². The zero-order valence-corrected chi connectivity index (χ0v) is 33.6. The first-order chi connectivity index (χ1) is 24.4. The Labute approximate surface area is 310 Å². The molecule has 7 heteroatoms. The number of hydrogen-bond donors (Lipinski definition) is 1. The molecule has 0 fully saturated rings. The van der Waals surface area contributed by atoms with Crippen LogP contribution in [0.15, 0.2) is 0 Å². The molecule has 50 heavy (non-hydrogen) atoms. The van der Waals surface area contributed by atoms with Crippen molar-refractivity contribution in [2.24, 2.45) is 5.73 Å². The maximum Gasteiger partial charge on any atom is 0.314 e. The lowest BCUT2D eigenvalue weighted by Gasteiger charge is -2.20. The van der Waals surface area contributed by atoms with E-state index in [4.69, 9.17) is 15.2 Å². The molecule has 0 saturated heterocycles. The van der Waals surface area contributed by atoms with Crippen molar-refractivity contribution in [3.05, 3.63) is 0 Å². The van der Waals surface area contributed by atoms with Gasteiger partial charge in [0.05, 0.1) is 6.61 Å². The molecule has 0 bridgehead atoms. The van der Waals surface area contributed by atoms with Gasteiger partial charge in [0.2, 0.25) is 0 Å². The topological polar surface area (TPSA) is 98.9 Å². The van der Waals surface area contributed by atoms with Crippen LogP contribution in [0, 0.1) is 0 Å². The van der Waals surface area contributed by atoms with E-state index in [0.717, 1.165) is 89.9 Å². The molecule has 0 unspecified atom stereocenters. The van der Waals surface area contributed by atoms with Gasteiger partial charge in [0, 0.05) is 25.9 Å². The predicted molar refractivity (Wildman–Crippen MR) is 211 cm³/mol. The third kappa shape index (κ3) is 34.6. The molecule has 0 saturated carbocycles. The highest BCUT2D eigenvalue weighted by Crippen LogP contribution is 2.18. The standard InChI is InChI=1S/C43H84N2O5/c1-4-7-10-13-16-17-18-24-32-39-49-41(46)35-29-25-31-38-45(43(44)48)37-30-23-19-22-28-36-42(47)50-40(33-26-20-14-11-8-5-2)34-27-21-15-12-9-6-3/h40H,4-39H2,1-3H3,(H2,44,48). The average Bonchev–Trinajstić information content (AvgIpc) is 3.10. The van der Waals surface area contributed by atoms with E-state index in [9.17, 15) is 14.4 Å². The lowest BCUT2D eigenvalue weighted by Crippen LogP contribution is -2.37. The van der Waals surface area contributed by atoms with Gasteiger partial charge in [-0.25, -0.2) is 4.79 Å². The lowest BCUT2D eigenvalue weighted by molar-refractivity contribution is -0.150. The van der Waals surface area contributed by atoms with Crippen LogP contribution in [0.5, 0.6) is 0 Å². The van der Waals surface area contributed by atoms with Crippen LogP contribution in [0.2, 0.25) is 0 Å². The maximum absolute atomic E-state index is 12.7. The quantitative estimate of drug-likeness (QED) is 0.0506. The molecule has 296 valence electrons. The van der Waals surface area contributed by atoms with Crippen LogP contribution >= 0.6 is 0 Å². The van der Waals surface area contributed by atoms with Crippen molar-refractivity contribution in [2.75, 3.05) is 19.7 Å². The molecule has 0 radical (unpaired) electrons. The van der Waals surface area contributed by atoms with Crippen LogP contribution in [-0.4, -0.2) is 48.7 Å². The monoisotopic (exact) mass is 709 g/mol. The first-order valence-corrected chi connectivity index (χ1v) is 21.8. The summed E-state index contributed by atoms with van der Waals surface area (Å²) in [4.78, 5) is 38.4. The summed E-state index contributed by atoms with van der Waals surface area (Å²) in [5.41, 5.74) is 5.64. The summed E-state index contributed by atoms with van der Waals surface area (Å²) in [6.07, 6.45) is 36.9. The summed E-state index contributed by atoms with van der Waals surface area (Å²) in [6, 6.07) is -0.371. The maximum atomic E-state index is 12.7. The fourth-order valence-corrected chi connectivity index (χ4v) is 6.67. The van der Waals surface area contributed by atoms with Gasteiger partial charge in [0.15, 0.2) is 0 Å². The van der Waals surface area contributed by atoms with Crippen LogP contribution < -0.4 is 5.73 Å². The Kier molecular flexibility index (Phi) is 37.1. The number of esters is 2. The molecular formula is C43H84N2O5. The number of amides is 2. The van der Waals surface area contributed by atoms with Gasteiger partial charge < -0.3 is 20.1 Å². The molecule has 2 N–H and O–H groups in total. The van der Waals surface area contributed by atoms with Gasteiger partial charge >= 0.3 is 18.0 Å². The second-order valence-electron chi connectivity index (χ2n) is 14.9. The molecular weight excluding hydrogens is 624 g/mol. The Morgan fingerprint density at radius 1 is 0.460 bits per heavy atom. The molecule has 7 nitrogen and oxygen atoms in total. The Balaban J connectivity index is 3.98. The average molecular weight is 709 g/mol. The van der Waals surface area contributed by atoms with Crippen molar-refractivity contribution < 1.29 is 23.9 Å². The van der Waals surface area contributed by atoms with E-state index >= 15 is 0 Å². The summed E-state index contributed by atoms with van der Waals surface area (Å²) >= 11 is 0. The molecule has 0 aliphatic heterocycles. The molecule has 0 atom stereocenters. The van der Waals surface area contributed by atoms with Crippen LogP contribution in [0.3, 0.4) is 0 Å². The van der Waals surface area contributed by atoms with Gasteiger partial charge in [-0.15, -0.1) is 0 Å². The second kappa shape index (κ2) is 38.4. The number of ether oxygens (including phenoxy) is 2. The summed E-state index contributed by atoms with van der Waals surface area (Å²) in [6.45, 7) is 8.58. The largest absolute Gasteiger partial charge is 0.466 e. The molecule has 0 aromatic rings. The Hall–Kier alpha value is -1.79. The number of hydrogen-bond acceptors (Lipinski definition) is 5. The lowest BCUT2D eigenvalue weighted by atomic mass is 10.0. The van der Waals surface area contributed by atoms with Crippen molar-refractivity contribution in [2.45, 2.75) is 239 Å². The number of nitrogens with two attached hydrogens (primary N) is 1. The highest BCUT2D eigenvalue weighted by molar-refractivity contribution is 5.72. The van der Waals surface area contributed by atoms with Gasteiger partial charge in [0.25, 0.3) is 0 Å². The zero-order valence-electron chi connectivity index (χ0n) is 33.6. The van der Waals surface area contributed by atoms with E-state index in [-0.39, 0.29) is 24.1 Å². The predicted octanol–water partition coefficient (Wildman–Crippen LogP) is 12.8. The van der Waals surface area contributed by atoms with Crippen LogP contribution in [0.4, 0.5) is 4.79 Å². The molecule has 0 spiro atoms. The summed E-state index contributed by atoms with van der Waals surface area (Å²) in [7, 11) is 0. The van der Waals surface area contributed by atoms with E-state index in [1.165, 1.54) is 109 Å². The molecule has 0 heterocycles. The molecule has 0 aliphatic carbocycles. The molecule has 2 amide bonds. The first kappa shape index (κ1) is 48.2.